The van der Waals surface area contributed by atoms with E-state index in [-0.39, 0.29) is 18.5 Å². The number of rotatable bonds is 44. The van der Waals surface area contributed by atoms with Gasteiger partial charge in [0.05, 0.1) is 25.4 Å². The second-order valence-corrected chi connectivity index (χ2v) is 16.4. The lowest BCUT2D eigenvalue weighted by Gasteiger charge is -2.20. The van der Waals surface area contributed by atoms with E-state index in [2.05, 4.69) is 31.3 Å². The number of ether oxygens (including phenoxy) is 1. The minimum absolute atomic E-state index is 0.00495. The van der Waals surface area contributed by atoms with Crippen LogP contribution in [0.15, 0.2) is 24.3 Å². The van der Waals surface area contributed by atoms with Crippen LogP contribution in [0.1, 0.15) is 251 Å². The SMILES string of the molecule is CCCCCCCCCCC/C=C/C(O)C(CO)NC(=O)CCCCCCC/C=C\CCCCCCCCCOC(=O)CCCCCCCCCCCCC. The average molecular weight is 776 g/mol. The first-order chi connectivity index (χ1) is 27.0. The van der Waals surface area contributed by atoms with E-state index in [0.717, 1.165) is 64.2 Å². The van der Waals surface area contributed by atoms with Crippen LogP contribution < -0.4 is 5.32 Å². The molecule has 0 aliphatic rings. The summed E-state index contributed by atoms with van der Waals surface area (Å²) in [7, 11) is 0. The molecular weight excluding hydrogens is 683 g/mol. The number of carbonyl (C=O) groups excluding carboxylic acids is 2. The zero-order chi connectivity index (χ0) is 40.1. The van der Waals surface area contributed by atoms with Gasteiger partial charge in [-0.25, -0.2) is 0 Å². The smallest absolute Gasteiger partial charge is 0.305 e. The van der Waals surface area contributed by atoms with Crippen LogP contribution in [0.3, 0.4) is 0 Å². The van der Waals surface area contributed by atoms with Crippen molar-refractivity contribution >= 4 is 11.9 Å². The molecule has 0 heterocycles. The molecule has 0 fully saturated rings. The highest BCUT2D eigenvalue weighted by Gasteiger charge is 2.18. The molecule has 2 atom stereocenters. The monoisotopic (exact) mass is 776 g/mol. The molecule has 6 nitrogen and oxygen atoms in total. The average Bonchev–Trinajstić information content (AvgIpc) is 3.18. The summed E-state index contributed by atoms with van der Waals surface area (Å²) in [5, 5.41) is 22.9. The van der Waals surface area contributed by atoms with Gasteiger partial charge >= 0.3 is 5.97 Å². The van der Waals surface area contributed by atoms with Crippen molar-refractivity contribution in [3.8, 4) is 0 Å². The number of amides is 1. The second kappa shape index (κ2) is 45.0. The summed E-state index contributed by atoms with van der Waals surface area (Å²) >= 11 is 0. The zero-order valence-corrected chi connectivity index (χ0v) is 36.7. The fourth-order valence-corrected chi connectivity index (χ4v) is 7.21. The molecule has 0 saturated heterocycles. The summed E-state index contributed by atoms with van der Waals surface area (Å²) in [5.41, 5.74) is 0. The summed E-state index contributed by atoms with van der Waals surface area (Å²) in [6.45, 7) is 4.85. The Balaban J connectivity index is 3.50. The third kappa shape index (κ3) is 41.8. The van der Waals surface area contributed by atoms with Gasteiger partial charge in [0.15, 0.2) is 0 Å². The first kappa shape index (κ1) is 53.3. The Kier molecular flexibility index (Phi) is 43.7. The van der Waals surface area contributed by atoms with Gasteiger partial charge < -0.3 is 20.3 Å². The maximum atomic E-state index is 12.4. The fraction of sp³-hybridized carbons (Fsp3) is 0.878. The summed E-state index contributed by atoms with van der Waals surface area (Å²) < 4.78 is 5.44. The van der Waals surface area contributed by atoms with Crippen LogP contribution in [-0.4, -0.2) is 47.4 Å². The van der Waals surface area contributed by atoms with Gasteiger partial charge in [-0.15, -0.1) is 0 Å². The Hall–Kier alpha value is -1.66. The number of aliphatic hydroxyl groups excluding tert-OH is 2. The van der Waals surface area contributed by atoms with E-state index < -0.39 is 12.1 Å². The van der Waals surface area contributed by atoms with E-state index in [9.17, 15) is 19.8 Å². The van der Waals surface area contributed by atoms with E-state index in [1.807, 2.05) is 6.08 Å². The third-order valence-electron chi connectivity index (χ3n) is 11.0. The van der Waals surface area contributed by atoms with Crippen molar-refractivity contribution in [2.45, 2.75) is 264 Å². The Morgan fingerprint density at radius 2 is 0.855 bits per heavy atom. The highest BCUT2D eigenvalue weighted by atomic mass is 16.5. The van der Waals surface area contributed by atoms with Crippen LogP contribution in [0.2, 0.25) is 0 Å². The Labute approximate surface area is 341 Å². The van der Waals surface area contributed by atoms with Crippen LogP contribution in [-0.2, 0) is 14.3 Å². The molecule has 0 aromatic heterocycles. The molecule has 0 radical (unpaired) electrons. The first-order valence-corrected chi connectivity index (χ1v) is 24.1. The molecule has 0 rings (SSSR count). The van der Waals surface area contributed by atoms with E-state index >= 15 is 0 Å². The molecule has 0 aromatic rings. The first-order valence-electron chi connectivity index (χ1n) is 24.1. The van der Waals surface area contributed by atoms with E-state index in [1.165, 1.54) is 161 Å². The number of unbranched alkanes of at least 4 members (excludes halogenated alkanes) is 31. The lowest BCUT2D eigenvalue weighted by Crippen LogP contribution is -2.45. The molecule has 0 spiro atoms. The molecule has 0 saturated carbocycles. The molecule has 1 amide bonds. The third-order valence-corrected chi connectivity index (χ3v) is 11.0. The second-order valence-electron chi connectivity index (χ2n) is 16.4. The van der Waals surface area contributed by atoms with Crippen molar-refractivity contribution in [2.24, 2.45) is 0 Å². The molecule has 55 heavy (non-hydrogen) atoms. The van der Waals surface area contributed by atoms with Gasteiger partial charge in [0.2, 0.25) is 5.91 Å². The van der Waals surface area contributed by atoms with Crippen LogP contribution in [0.25, 0.3) is 0 Å². The summed E-state index contributed by atoms with van der Waals surface area (Å²) in [4.78, 5) is 24.3. The van der Waals surface area contributed by atoms with Gasteiger partial charge in [-0.1, -0.05) is 205 Å². The summed E-state index contributed by atoms with van der Waals surface area (Å²) in [6.07, 6.45) is 51.7. The highest BCUT2D eigenvalue weighted by molar-refractivity contribution is 5.76. The Morgan fingerprint density at radius 1 is 0.491 bits per heavy atom. The molecule has 0 aliphatic heterocycles. The Morgan fingerprint density at radius 3 is 1.29 bits per heavy atom. The van der Waals surface area contributed by atoms with Gasteiger partial charge in [0.25, 0.3) is 0 Å². The molecule has 0 aromatic carbocycles. The molecule has 0 aliphatic carbocycles. The predicted octanol–water partition coefficient (Wildman–Crippen LogP) is 14.0. The van der Waals surface area contributed by atoms with Crippen molar-refractivity contribution in [1.82, 2.24) is 5.32 Å². The zero-order valence-electron chi connectivity index (χ0n) is 36.7. The number of aliphatic hydroxyl groups is 2. The number of allylic oxidation sites excluding steroid dienone is 3. The van der Waals surface area contributed by atoms with Crippen LogP contribution in [0.5, 0.6) is 0 Å². The maximum Gasteiger partial charge on any atom is 0.305 e. The largest absolute Gasteiger partial charge is 0.466 e. The fourth-order valence-electron chi connectivity index (χ4n) is 7.21. The number of nitrogens with one attached hydrogen (secondary N) is 1. The van der Waals surface area contributed by atoms with Gasteiger partial charge in [0, 0.05) is 12.8 Å². The normalized spacial score (nSPS) is 12.9. The van der Waals surface area contributed by atoms with Crippen LogP contribution >= 0.6 is 0 Å². The summed E-state index contributed by atoms with van der Waals surface area (Å²) in [5.74, 6) is -0.0919. The highest BCUT2D eigenvalue weighted by Crippen LogP contribution is 2.15. The van der Waals surface area contributed by atoms with Gasteiger partial charge in [-0.05, 0) is 57.8 Å². The standard InChI is InChI=1S/C49H93NO5/c1-3-5-7-9-11-13-21-25-29-33-37-41-47(52)46(45-51)50-48(53)42-38-34-30-26-23-19-17-15-16-18-20-24-28-32-36-40-44-55-49(54)43-39-35-31-27-22-14-12-10-8-6-4-2/h15,17,37,41,46-47,51-52H,3-14,16,18-36,38-40,42-45H2,1-2H3,(H,50,53)/b17-15-,41-37+. The van der Waals surface area contributed by atoms with Crippen molar-refractivity contribution in [3.05, 3.63) is 24.3 Å². The number of esters is 1. The lowest BCUT2D eigenvalue weighted by molar-refractivity contribution is -0.143. The van der Waals surface area contributed by atoms with E-state index in [1.54, 1.807) is 6.08 Å². The van der Waals surface area contributed by atoms with Crippen molar-refractivity contribution in [2.75, 3.05) is 13.2 Å². The molecule has 3 N–H and O–H groups in total. The van der Waals surface area contributed by atoms with Crippen molar-refractivity contribution < 1.29 is 24.5 Å². The van der Waals surface area contributed by atoms with Crippen molar-refractivity contribution in [3.63, 3.8) is 0 Å². The van der Waals surface area contributed by atoms with Gasteiger partial charge in [-0.2, -0.15) is 0 Å². The predicted molar refractivity (Wildman–Crippen MR) is 236 cm³/mol. The molecule has 6 heteroatoms. The minimum atomic E-state index is -0.852. The van der Waals surface area contributed by atoms with Gasteiger partial charge in [-0.3, -0.25) is 9.59 Å². The summed E-state index contributed by atoms with van der Waals surface area (Å²) in [6, 6.07) is -0.637. The quantitative estimate of drug-likeness (QED) is 0.0325. The molecule has 2 unspecified atom stereocenters. The molecule has 324 valence electrons. The maximum absolute atomic E-state index is 12.4. The number of hydrogen-bond acceptors (Lipinski definition) is 5. The Bertz CT molecular complexity index is 858. The lowest BCUT2D eigenvalue weighted by atomic mass is 10.1. The number of hydrogen-bond donors (Lipinski definition) is 3. The topological polar surface area (TPSA) is 95.9 Å². The minimum Gasteiger partial charge on any atom is -0.466 e. The number of carbonyl (C=O) groups is 2. The molecule has 0 bridgehead atoms. The van der Waals surface area contributed by atoms with Crippen LogP contribution in [0.4, 0.5) is 0 Å². The van der Waals surface area contributed by atoms with Crippen molar-refractivity contribution in [1.29, 1.82) is 0 Å². The van der Waals surface area contributed by atoms with Gasteiger partial charge in [0.1, 0.15) is 0 Å². The van der Waals surface area contributed by atoms with E-state index in [0.29, 0.717) is 19.4 Å². The van der Waals surface area contributed by atoms with Crippen LogP contribution in [0, 0.1) is 0 Å². The molecular formula is C49H93NO5. The van der Waals surface area contributed by atoms with E-state index in [4.69, 9.17) is 4.74 Å².